The molecule has 3 aromatic carbocycles. The lowest BCUT2D eigenvalue weighted by Gasteiger charge is -2.38. The van der Waals surface area contributed by atoms with Crippen molar-refractivity contribution in [1.29, 1.82) is 0 Å². The molecular formula is C45H68O3S. The average molecular weight is 689 g/mol. The number of aryl methyl sites for hydroxylation is 3. The molecular weight excluding hydrogens is 621 g/mol. The molecule has 3 aromatic rings. The van der Waals surface area contributed by atoms with E-state index in [0.717, 1.165) is 52.6 Å². The molecule has 0 amide bonds. The van der Waals surface area contributed by atoms with Gasteiger partial charge in [-0.05, 0) is 124 Å². The molecule has 3 N–H and O–H groups in total. The largest absolute Gasteiger partial charge is 0.508 e. The van der Waals surface area contributed by atoms with Gasteiger partial charge in [0.2, 0.25) is 0 Å². The Morgan fingerprint density at radius 3 is 1.29 bits per heavy atom. The highest BCUT2D eigenvalue weighted by Gasteiger charge is 2.37. The molecule has 3 nitrogen and oxygen atoms in total. The zero-order valence-corrected chi connectivity index (χ0v) is 34.1. The highest BCUT2D eigenvalue weighted by atomic mass is 32.1. The minimum Gasteiger partial charge on any atom is -0.508 e. The van der Waals surface area contributed by atoms with Crippen LogP contribution in [-0.4, -0.2) is 15.3 Å². The van der Waals surface area contributed by atoms with Crippen molar-refractivity contribution in [3.63, 3.8) is 0 Å². The molecule has 0 aromatic heterocycles. The Morgan fingerprint density at radius 2 is 0.878 bits per heavy atom. The molecule has 0 saturated carbocycles. The van der Waals surface area contributed by atoms with Crippen LogP contribution in [0.25, 0.3) is 0 Å². The minimum absolute atomic E-state index is 0.0586. The highest BCUT2D eigenvalue weighted by Crippen LogP contribution is 2.51. The van der Waals surface area contributed by atoms with Gasteiger partial charge in [-0.15, -0.1) is 0 Å². The molecule has 0 heterocycles. The Labute approximate surface area is 305 Å². The quantitative estimate of drug-likeness (QED) is 0.107. The van der Waals surface area contributed by atoms with Crippen molar-refractivity contribution in [3.8, 4) is 17.2 Å². The summed E-state index contributed by atoms with van der Waals surface area (Å²) in [7, 11) is 0. The first kappa shape index (κ1) is 40.8. The van der Waals surface area contributed by atoms with Gasteiger partial charge in [0.15, 0.2) is 0 Å². The Bertz CT molecular complexity index is 1510. The van der Waals surface area contributed by atoms with Crippen LogP contribution in [0.1, 0.15) is 183 Å². The molecule has 0 bridgehead atoms. The molecule has 0 aliphatic heterocycles. The molecule has 49 heavy (non-hydrogen) atoms. The first-order valence-electron chi connectivity index (χ1n) is 18.8. The number of phenols is 3. The van der Waals surface area contributed by atoms with E-state index in [4.69, 9.17) is 12.6 Å². The van der Waals surface area contributed by atoms with E-state index in [1.165, 1.54) is 55.2 Å². The maximum absolute atomic E-state index is 11.2. The standard InChI is InChI=1S/C45H68O3S/c1-14-15-16-17-18-19-20-21-45(49,35-27-38(44(11,12)13)41(48)24-31(35)4)28-34(32-25-36(42(5,6)7)39(46)22-29(32)2)33-26-37(43(8,9)10)40(47)23-30(33)3/h22-27,34,46-49H,14-21,28H2,1-13H3. The summed E-state index contributed by atoms with van der Waals surface area (Å²) in [4.78, 5) is 0. The monoisotopic (exact) mass is 688 g/mol. The van der Waals surface area contributed by atoms with E-state index in [9.17, 15) is 15.3 Å². The predicted molar refractivity (Wildman–Crippen MR) is 214 cm³/mol. The number of thiol groups is 1. The Hall–Kier alpha value is -2.59. The van der Waals surface area contributed by atoms with E-state index < -0.39 is 4.75 Å². The van der Waals surface area contributed by atoms with Crippen LogP contribution in [0.4, 0.5) is 0 Å². The van der Waals surface area contributed by atoms with Gasteiger partial charge in [0.25, 0.3) is 0 Å². The summed E-state index contributed by atoms with van der Waals surface area (Å²) in [6.45, 7) is 27.9. The van der Waals surface area contributed by atoms with Gasteiger partial charge >= 0.3 is 0 Å². The molecule has 1 atom stereocenters. The van der Waals surface area contributed by atoms with Crippen molar-refractivity contribution in [2.45, 2.75) is 175 Å². The van der Waals surface area contributed by atoms with Gasteiger partial charge in [-0.2, -0.15) is 12.6 Å². The molecule has 0 fully saturated rings. The molecule has 0 aliphatic carbocycles. The molecule has 0 saturated heterocycles. The van der Waals surface area contributed by atoms with E-state index in [1.54, 1.807) is 0 Å². The van der Waals surface area contributed by atoms with Crippen LogP contribution < -0.4 is 0 Å². The number of unbranched alkanes of at least 4 members (excludes halogenated alkanes) is 6. The fourth-order valence-electron chi connectivity index (χ4n) is 7.61. The van der Waals surface area contributed by atoms with Gasteiger partial charge in [0.1, 0.15) is 17.2 Å². The Balaban J connectivity index is 2.34. The van der Waals surface area contributed by atoms with Crippen LogP contribution in [0.15, 0.2) is 36.4 Å². The van der Waals surface area contributed by atoms with E-state index in [-0.39, 0.29) is 22.2 Å². The van der Waals surface area contributed by atoms with E-state index in [0.29, 0.717) is 17.2 Å². The number of phenolic OH excluding ortho intramolecular Hbond substituents is 3. The Morgan fingerprint density at radius 1 is 0.510 bits per heavy atom. The number of aromatic hydroxyl groups is 3. The zero-order chi connectivity index (χ0) is 37.1. The molecule has 0 spiro atoms. The number of hydrogen-bond donors (Lipinski definition) is 4. The summed E-state index contributed by atoms with van der Waals surface area (Å²) in [6.07, 6.45) is 10.2. The third-order valence-corrected chi connectivity index (χ3v) is 11.2. The van der Waals surface area contributed by atoms with Gasteiger partial charge in [0, 0.05) is 10.7 Å². The van der Waals surface area contributed by atoms with Crippen molar-refractivity contribution in [1.82, 2.24) is 0 Å². The van der Waals surface area contributed by atoms with Gasteiger partial charge < -0.3 is 15.3 Å². The third kappa shape index (κ3) is 10.0. The normalized spacial score (nSPS) is 14.0. The fourth-order valence-corrected chi connectivity index (χ4v) is 8.19. The summed E-state index contributed by atoms with van der Waals surface area (Å²) in [5.41, 5.74) is 8.76. The maximum Gasteiger partial charge on any atom is 0.119 e. The van der Waals surface area contributed by atoms with Crippen LogP contribution in [0.2, 0.25) is 0 Å². The van der Waals surface area contributed by atoms with E-state index in [1.807, 2.05) is 18.2 Å². The van der Waals surface area contributed by atoms with Crippen molar-refractivity contribution < 1.29 is 15.3 Å². The summed E-state index contributed by atoms with van der Waals surface area (Å²) < 4.78 is -0.510. The van der Waals surface area contributed by atoms with Gasteiger partial charge in [-0.25, -0.2) is 0 Å². The summed E-state index contributed by atoms with van der Waals surface area (Å²) >= 11 is 5.75. The van der Waals surface area contributed by atoms with Crippen LogP contribution in [-0.2, 0) is 21.0 Å². The van der Waals surface area contributed by atoms with Gasteiger partial charge in [0.05, 0.1) is 0 Å². The smallest absolute Gasteiger partial charge is 0.119 e. The topological polar surface area (TPSA) is 60.7 Å². The first-order chi connectivity index (χ1) is 22.5. The molecule has 0 aliphatic rings. The number of benzene rings is 3. The summed E-state index contributed by atoms with van der Waals surface area (Å²) in [5.74, 6) is 0.937. The summed E-state index contributed by atoms with van der Waals surface area (Å²) in [6, 6.07) is 12.5. The number of hydrogen-bond acceptors (Lipinski definition) is 4. The molecule has 3 rings (SSSR count). The summed E-state index contributed by atoms with van der Waals surface area (Å²) in [5, 5.41) is 33.5. The second-order valence-corrected chi connectivity index (χ2v) is 18.9. The van der Waals surface area contributed by atoms with Crippen molar-refractivity contribution in [3.05, 3.63) is 86.5 Å². The fraction of sp³-hybridized carbons (Fsp3) is 0.600. The predicted octanol–water partition coefficient (Wildman–Crippen LogP) is 13.1. The Kier molecular flexibility index (Phi) is 13.1. The lowest BCUT2D eigenvalue weighted by atomic mass is 9.72. The average Bonchev–Trinajstić information content (AvgIpc) is 2.94. The molecule has 0 radical (unpaired) electrons. The lowest BCUT2D eigenvalue weighted by Crippen LogP contribution is -2.27. The van der Waals surface area contributed by atoms with Crippen LogP contribution in [0.5, 0.6) is 17.2 Å². The SMILES string of the molecule is CCCCCCCCCC(S)(CC(c1cc(C(C)(C)C)c(O)cc1C)c1cc(C(C)(C)C)c(O)cc1C)c1cc(C(C)(C)C)c(O)cc1C. The third-order valence-electron chi connectivity index (χ3n) is 10.5. The number of rotatable bonds is 13. The minimum atomic E-state index is -0.510. The zero-order valence-electron chi connectivity index (χ0n) is 33.2. The van der Waals surface area contributed by atoms with Crippen LogP contribution in [0, 0.1) is 20.8 Å². The van der Waals surface area contributed by atoms with Crippen LogP contribution >= 0.6 is 12.6 Å². The lowest BCUT2D eigenvalue weighted by molar-refractivity contribution is 0.435. The second kappa shape index (κ2) is 15.7. The van der Waals surface area contributed by atoms with Crippen LogP contribution in [0.3, 0.4) is 0 Å². The molecule has 272 valence electrons. The van der Waals surface area contributed by atoms with Crippen molar-refractivity contribution in [2.24, 2.45) is 0 Å². The molecule has 1 unspecified atom stereocenters. The van der Waals surface area contributed by atoms with E-state index in [2.05, 4.69) is 108 Å². The highest BCUT2D eigenvalue weighted by molar-refractivity contribution is 7.81. The molecule has 4 heteroatoms. The maximum atomic E-state index is 11.2. The van der Waals surface area contributed by atoms with Crippen molar-refractivity contribution >= 4 is 12.6 Å². The van der Waals surface area contributed by atoms with E-state index >= 15 is 0 Å². The first-order valence-corrected chi connectivity index (χ1v) is 19.2. The second-order valence-electron chi connectivity index (χ2n) is 18.0. The van der Waals surface area contributed by atoms with Crippen molar-refractivity contribution in [2.75, 3.05) is 0 Å². The van der Waals surface area contributed by atoms with Gasteiger partial charge in [-0.3, -0.25) is 0 Å². The van der Waals surface area contributed by atoms with Gasteiger partial charge in [-0.1, -0.05) is 126 Å².